The SMILES string of the molecule is COC(=O)N[C@@H](Cc1ccccc1Cl)C(=O)NCCCC(C1CC1)N1C(=O)[C@@](CC(C)C)(c2ccccc2)N=C1N. The first-order valence-corrected chi connectivity index (χ1v) is 14.6. The number of alkyl carbamates (subject to hydrolysis) is 1. The zero-order chi connectivity index (χ0) is 29.6. The maximum Gasteiger partial charge on any atom is 0.407 e. The van der Waals surface area contributed by atoms with Crippen LogP contribution in [0.2, 0.25) is 5.02 Å². The molecule has 4 N–H and O–H groups in total. The number of benzene rings is 2. The van der Waals surface area contributed by atoms with Crippen molar-refractivity contribution in [2.75, 3.05) is 13.7 Å². The highest BCUT2D eigenvalue weighted by Crippen LogP contribution is 2.44. The van der Waals surface area contributed by atoms with Gasteiger partial charge >= 0.3 is 6.09 Å². The Morgan fingerprint density at radius 3 is 2.46 bits per heavy atom. The molecule has 10 heteroatoms. The molecule has 2 aromatic rings. The summed E-state index contributed by atoms with van der Waals surface area (Å²) < 4.78 is 4.72. The lowest BCUT2D eigenvalue weighted by atomic mass is 9.82. The van der Waals surface area contributed by atoms with E-state index in [1.165, 1.54) is 7.11 Å². The van der Waals surface area contributed by atoms with E-state index in [4.69, 9.17) is 27.1 Å². The van der Waals surface area contributed by atoms with Crippen molar-refractivity contribution in [3.05, 3.63) is 70.7 Å². The van der Waals surface area contributed by atoms with Gasteiger partial charge in [-0.1, -0.05) is 74.0 Å². The highest BCUT2D eigenvalue weighted by molar-refractivity contribution is 6.31. The van der Waals surface area contributed by atoms with Gasteiger partial charge in [-0.2, -0.15) is 0 Å². The van der Waals surface area contributed by atoms with Crippen molar-refractivity contribution >= 4 is 35.5 Å². The number of guanidine groups is 1. The molecule has 41 heavy (non-hydrogen) atoms. The van der Waals surface area contributed by atoms with Gasteiger partial charge in [-0.05, 0) is 61.1 Å². The summed E-state index contributed by atoms with van der Waals surface area (Å²) in [6.07, 6.45) is 3.44. The van der Waals surface area contributed by atoms with E-state index in [9.17, 15) is 14.4 Å². The summed E-state index contributed by atoms with van der Waals surface area (Å²) in [7, 11) is 1.25. The third-order valence-electron chi connectivity index (χ3n) is 7.73. The molecular weight excluding hydrogens is 542 g/mol. The summed E-state index contributed by atoms with van der Waals surface area (Å²) in [6, 6.07) is 15.9. The second-order valence-corrected chi connectivity index (χ2v) is 11.7. The first-order valence-electron chi connectivity index (χ1n) is 14.3. The molecule has 0 bridgehead atoms. The zero-order valence-electron chi connectivity index (χ0n) is 23.9. The lowest BCUT2D eigenvalue weighted by Crippen LogP contribution is -2.50. The van der Waals surface area contributed by atoms with Crippen LogP contribution in [-0.4, -0.2) is 54.5 Å². The molecule has 3 atom stereocenters. The van der Waals surface area contributed by atoms with Crippen LogP contribution in [0.3, 0.4) is 0 Å². The number of hydrogen-bond acceptors (Lipinski definition) is 6. The minimum absolute atomic E-state index is 0.0714. The lowest BCUT2D eigenvalue weighted by Gasteiger charge is -2.32. The average molecular weight is 582 g/mol. The van der Waals surface area contributed by atoms with Crippen molar-refractivity contribution in [3.8, 4) is 0 Å². The fraction of sp³-hybridized carbons (Fsp3) is 0.484. The molecule has 220 valence electrons. The van der Waals surface area contributed by atoms with E-state index in [2.05, 4.69) is 24.5 Å². The van der Waals surface area contributed by atoms with E-state index in [0.717, 1.165) is 24.0 Å². The Morgan fingerprint density at radius 1 is 1.15 bits per heavy atom. The van der Waals surface area contributed by atoms with Crippen LogP contribution in [0.4, 0.5) is 4.79 Å². The number of aliphatic imine (C=N–C) groups is 1. The van der Waals surface area contributed by atoms with Crippen molar-refractivity contribution < 1.29 is 19.1 Å². The van der Waals surface area contributed by atoms with Gasteiger partial charge in [0.25, 0.3) is 5.91 Å². The van der Waals surface area contributed by atoms with E-state index in [1.807, 2.05) is 42.5 Å². The number of carbonyl (C=O) groups excluding carboxylic acids is 3. The van der Waals surface area contributed by atoms with Crippen LogP contribution >= 0.6 is 11.6 Å². The first-order chi connectivity index (χ1) is 19.7. The summed E-state index contributed by atoms with van der Waals surface area (Å²) in [4.78, 5) is 45.7. The molecule has 1 heterocycles. The van der Waals surface area contributed by atoms with Gasteiger partial charge in [0.2, 0.25) is 5.91 Å². The molecule has 0 spiro atoms. The fourth-order valence-electron chi connectivity index (χ4n) is 5.66. The number of carbonyl (C=O) groups is 3. The summed E-state index contributed by atoms with van der Waals surface area (Å²) in [5.41, 5.74) is 7.06. The van der Waals surface area contributed by atoms with E-state index in [-0.39, 0.29) is 36.2 Å². The van der Waals surface area contributed by atoms with E-state index >= 15 is 0 Å². The molecule has 1 unspecified atom stereocenters. The lowest BCUT2D eigenvalue weighted by molar-refractivity contribution is -0.134. The molecule has 4 rings (SSSR count). The Bertz CT molecular complexity index is 1270. The molecular formula is C31H40ClN5O4. The Balaban J connectivity index is 1.41. The number of ether oxygens (including phenoxy) is 1. The summed E-state index contributed by atoms with van der Waals surface area (Å²) >= 11 is 6.29. The second kappa shape index (κ2) is 13.4. The molecule has 1 aliphatic carbocycles. The summed E-state index contributed by atoms with van der Waals surface area (Å²) in [5, 5.41) is 6.05. The van der Waals surface area contributed by atoms with Gasteiger partial charge in [-0.3, -0.25) is 14.5 Å². The second-order valence-electron chi connectivity index (χ2n) is 11.3. The Kier molecular flexibility index (Phi) is 9.91. The highest BCUT2D eigenvalue weighted by atomic mass is 35.5. The van der Waals surface area contributed by atoms with Crippen LogP contribution in [-0.2, 0) is 26.3 Å². The number of nitrogens with two attached hydrogens (primary N) is 1. The van der Waals surface area contributed by atoms with Crippen LogP contribution in [0.15, 0.2) is 59.6 Å². The van der Waals surface area contributed by atoms with Gasteiger partial charge in [0, 0.05) is 24.0 Å². The predicted octanol–water partition coefficient (Wildman–Crippen LogP) is 4.38. The third kappa shape index (κ3) is 7.19. The zero-order valence-corrected chi connectivity index (χ0v) is 24.7. The van der Waals surface area contributed by atoms with Crippen LogP contribution in [0.5, 0.6) is 0 Å². The molecule has 9 nitrogen and oxygen atoms in total. The first kappa shape index (κ1) is 30.4. The van der Waals surface area contributed by atoms with E-state index in [0.29, 0.717) is 36.7 Å². The number of nitrogens with zero attached hydrogens (tertiary/aromatic N) is 2. The molecule has 3 amide bonds. The third-order valence-corrected chi connectivity index (χ3v) is 8.10. The minimum Gasteiger partial charge on any atom is -0.453 e. The number of nitrogens with one attached hydrogen (secondary N) is 2. The standard InChI is InChI=1S/C31H40ClN5O4/c1-20(2)19-31(23-11-5-4-6-12-23)28(39)37(29(33)36-31)26(21-15-16-21)14-9-17-34-27(38)25(35-30(40)41-3)18-22-10-7-8-13-24(22)32/h4-8,10-13,20-21,25-26H,9,14-19H2,1-3H3,(H2,33,36)(H,34,38)(H,35,40)/t25-,26?,31+/m0/s1. The fourth-order valence-corrected chi connectivity index (χ4v) is 5.87. The number of methoxy groups -OCH3 is 1. The van der Waals surface area contributed by atoms with E-state index < -0.39 is 17.7 Å². The molecule has 2 aromatic carbocycles. The molecule has 1 fully saturated rings. The van der Waals surface area contributed by atoms with Crippen molar-refractivity contribution in [2.24, 2.45) is 22.6 Å². The monoisotopic (exact) mass is 581 g/mol. The number of halogens is 1. The topological polar surface area (TPSA) is 126 Å². The van der Waals surface area contributed by atoms with Gasteiger partial charge in [-0.15, -0.1) is 0 Å². The van der Waals surface area contributed by atoms with Gasteiger partial charge in [0.1, 0.15) is 6.04 Å². The molecule has 1 saturated carbocycles. The van der Waals surface area contributed by atoms with Crippen LogP contribution < -0.4 is 16.4 Å². The molecule has 1 aliphatic heterocycles. The van der Waals surface area contributed by atoms with E-state index in [1.54, 1.807) is 17.0 Å². The van der Waals surface area contributed by atoms with Crippen molar-refractivity contribution in [3.63, 3.8) is 0 Å². The molecule has 0 saturated heterocycles. The largest absolute Gasteiger partial charge is 0.453 e. The van der Waals surface area contributed by atoms with Gasteiger partial charge in [0.05, 0.1) is 7.11 Å². The molecule has 2 aliphatic rings. The minimum atomic E-state index is -1.02. The van der Waals surface area contributed by atoms with Gasteiger partial charge in [-0.25, -0.2) is 9.79 Å². The van der Waals surface area contributed by atoms with Gasteiger partial charge in [0.15, 0.2) is 11.5 Å². The number of hydrogen-bond donors (Lipinski definition) is 3. The van der Waals surface area contributed by atoms with Crippen LogP contribution in [0.25, 0.3) is 0 Å². The average Bonchev–Trinajstić information content (AvgIpc) is 3.76. The summed E-state index contributed by atoms with van der Waals surface area (Å²) in [6.45, 7) is 4.54. The Labute approximate surface area is 246 Å². The maximum atomic E-state index is 14.1. The normalized spacial score (nSPS) is 20.0. The predicted molar refractivity (Wildman–Crippen MR) is 159 cm³/mol. The van der Waals surface area contributed by atoms with Crippen molar-refractivity contribution in [1.29, 1.82) is 0 Å². The quantitative estimate of drug-likeness (QED) is 0.303. The summed E-state index contributed by atoms with van der Waals surface area (Å²) in [5.74, 6) is 0.447. The van der Waals surface area contributed by atoms with Crippen molar-refractivity contribution in [1.82, 2.24) is 15.5 Å². The molecule has 0 aromatic heterocycles. The van der Waals surface area contributed by atoms with Crippen molar-refractivity contribution in [2.45, 2.75) is 70.0 Å². The highest BCUT2D eigenvalue weighted by Gasteiger charge is 2.53. The van der Waals surface area contributed by atoms with Crippen LogP contribution in [0.1, 0.15) is 57.1 Å². The smallest absolute Gasteiger partial charge is 0.407 e. The Hall–Kier alpha value is -3.59. The Morgan fingerprint density at radius 2 is 1.83 bits per heavy atom. The van der Waals surface area contributed by atoms with Crippen LogP contribution in [0, 0.1) is 11.8 Å². The molecule has 0 radical (unpaired) electrons. The number of rotatable bonds is 13. The number of amides is 3. The van der Waals surface area contributed by atoms with Gasteiger partial charge < -0.3 is 21.1 Å². The maximum absolute atomic E-state index is 14.1.